The average molecular weight is 289 g/mol. The number of hydrogen-bond donors (Lipinski definition) is 0. The molecule has 2 rings (SSSR count). The minimum absolute atomic E-state index is 0.272. The Labute approximate surface area is 121 Å². The number of hydrogen-bond acceptors (Lipinski definition) is 6. The molecule has 0 radical (unpaired) electrons. The largest absolute Gasteiger partial charge is 0.449 e. The molecule has 1 heterocycles. The number of benzene rings is 1. The van der Waals surface area contributed by atoms with Gasteiger partial charge in [-0.2, -0.15) is 0 Å². The molecule has 1 aromatic heterocycles. The Bertz CT molecular complexity index is 620. The number of ether oxygens (including phenoxy) is 1. The van der Waals surface area contributed by atoms with Gasteiger partial charge in [-0.3, -0.25) is 4.79 Å². The van der Waals surface area contributed by atoms with E-state index >= 15 is 0 Å². The summed E-state index contributed by atoms with van der Waals surface area (Å²) in [5.41, 5.74) is 1.04. The summed E-state index contributed by atoms with van der Waals surface area (Å²) in [5, 5.41) is 7.35. The van der Waals surface area contributed by atoms with Crippen molar-refractivity contribution in [2.75, 3.05) is 14.1 Å². The molecule has 0 aliphatic heterocycles. The molecule has 21 heavy (non-hydrogen) atoms. The zero-order chi connectivity index (χ0) is 15.4. The van der Waals surface area contributed by atoms with Crippen LogP contribution in [-0.2, 0) is 9.53 Å². The van der Waals surface area contributed by atoms with Gasteiger partial charge in [0.05, 0.1) is 5.56 Å². The second-order valence-corrected chi connectivity index (χ2v) is 4.60. The quantitative estimate of drug-likeness (QED) is 0.790. The van der Waals surface area contributed by atoms with E-state index in [1.165, 1.54) is 18.2 Å². The van der Waals surface area contributed by atoms with Crippen LogP contribution in [0.25, 0.3) is 11.5 Å². The molecule has 0 bridgehead atoms. The van der Waals surface area contributed by atoms with Gasteiger partial charge >= 0.3 is 5.97 Å². The lowest BCUT2D eigenvalue weighted by atomic mass is 10.1. The lowest BCUT2D eigenvalue weighted by Gasteiger charge is -2.17. The summed E-state index contributed by atoms with van der Waals surface area (Å²) >= 11 is 0. The topological polar surface area (TPSA) is 85.5 Å². The van der Waals surface area contributed by atoms with Gasteiger partial charge in [-0.05, 0) is 31.2 Å². The Morgan fingerprint density at radius 1 is 1.24 bits per heavy atom. The fourth-order valence-electron chi connectivity index (χ4n) is 1.69. The van der Waals surface area contributed by atoms with Crippen LogP contribution < -0.4 is 0 Å². The maximum atomic E-state index is 11.9. The van der Waals surface area contributed by atoms with Crippen LogP contribution >= 0.6 is 0 Å². The molecule has 0 spiro atoms. The van der Waals surface area contributed by atoms with Crippen LogP contribution in [-0.4, -0.2) is 47.2 Å². The number of amides is 1. The maximum absolute atomic E-state index is 11.9. The third kappa shape index (κ3) is 3.44. The predicted molar refractivity (Wildman–Crippen MR) is 73.3 cm³/mol. The Morgan fingerprint density at radius 3 is 2.43 bits per heavy atom. The summed E-state index contributed by atoms with van der Waals surface area (Å²) in [5.74, 6) is -0.466. The molecule has 110 valence electrons. The van der Waals surface area contributed by atoms with Crippen molar-refractivity contribution in [2.24, 2.45) is 0 Å². The lowest BCUT2D eigenvalue weighted by Crippen LogP contribution is -2.34. The Kier molecular flexibility index (Phi) is 4.32. The highest BCUT2D eigenvalue weighted by Gasteiger charge is 2.20. The first kappa shape index (κ1) is 14.7. The van der Waals surface area contributed by atoms with Gasteiger partial charge in [0.2, 0.25) is 12.3 Å². The SMILES string of the molecule is C[C@H](OC(=O)c1ccc(-c2nnco2)cc1)C(=O)N(C)C. The van der Waals surface area contributed by atoms with E-state index in [-0.39, 0.29) is 5.91 Å². The summed E-state index contributed by atoms with van der Waals surface area (Å²) < 4.78 is 10.2. The van der Waals surface area contributed by atoms with E-state index in [1.54, 1.807) is 38.4 Å². The van der Waals surface area contributed by atoms with E-state index in [0.717, 1.165) is 0 Å². The fourth-order valence-corrected chi connectivity index (χ4v) is 1.69. The van der Waals surface area contributed by atoms with Crippen molar-refractivity contribution in [2.45, 2.75) is 13.0 Å². The van der Waals surface area contributed by atoms with Crippen LogP contribution in [0.2, 0.25) is 0 Å². The van der Waals surface area contributed by atoms with Crippen LogP contribution in [0.4, 0.5) is 0 Å². The van der Waals surface area contributed by atoms with E-state index in [1.807, 2.05) is 0 Å². The van der Waals surface area contributed by atoms with Crippen molar-refractivity contribution in [3.63, 3.8) is 0 Å². The van der Waals surface area contributed by atoms with Crippen LogP contribution in [0.3, 0.4) is 0 Å². The van der Waals surface area contributed by atoms with E-state index in [4.69, 9.17) is 9.15 Å². The highest BCUT2D eigenvalue weighted by atomic mass is 16.5. The number of aromatic nitrogens is 2. The van der Waals surface area contributed by atoms with Crippen LogP contribution in [0.15, 0.2) is 35.1 Å². The van der Waals surface area contributed by atoms with Gasteiger partial charge in [0.25, 0.3) is 5.91 Å². The third-order valence-corrected chi connectivity index (χ3v) is 2.80. The maximum Gasteiger partial charge on any atom is 0.338 e. The van der Waals surface area contributed by atoms with Crippen molar-refractivity contribution in [1.82, 2.24) is 15.1 Å². The minimum Gasteiger partial charge on any atom is -0.449 e. The molecule has 7 nitrogen and oxygen atoms in total. The first-order valence-electron chi connectivity index (χ1n) is 6.28. The smallest absolute Gasteiger partial charge is 0.338 e. The molecule has 7 heteroatoms. The Hall–Kier alpha value is -2.70. The highest BCUT2D eigenvalue weighted by Crippen LogP contribution is 2.17. The highest BCUT2D eigenvalue weighted by molar-refractivity contribution is 5.92. The van der Waals surface area contributed by atoms with Gasteiger partial charge < -0.3 is 14.1 Å². The number of rotatable bonds is 4. The zero-order valence-corrected chi connectivity index (χ0v) is 11.9. The van der Waals surface area contributed by atoms with E-state index < -0.39 is 12.1 Å². The van der Waals surface area contributed by atoms with Gasteiger partial charge in [0, 0.05) is 19.7 Å². The van der Waals surface area contributed by atoms with Gasteiger partial charge in [0.15, 0.2) is 6.10 Å². The number of carbonyl (C=O) groups is 2. The Morgan fingerprint density at radius 2 is 1.90 bits per heavy atom. The number of likely N-dealkylation sites (N-methyl/N-ethyl adjacent to an activating group) is 1. The van der Waals surface area contributed by atoms with E-state index in [9.17, 15) is 9.59 Å². The van der Waals surface area contributed by atoms with Crippen molar-refractivity contribution in [1.29, 1.82) is 0 Å². The van der Waals surface area contributed by atoms with Crippen LogP contribution in [0.1, 0.15) is 17.3 Å². The normalized spacial score (nSPS) is 11.8. The molecule has 2 aromatic rings. The van der Waals surface area contributed by atoms with Crippen LogP contribution in [0.5, 0.6) is 0 Å². The summed E-state index contributed by atoms with van der Waals surface area (Å²) in [6.45, 7) is 1.53. The molecule has 0 aliphatic carbocycles. The number of nitrogens with zero attached hydrogens (tertiary/aromatic N) is 3. The zero-order valence-electron chi connectivity index (χ0n) is 11.9. The molecule has 1 aromatic carbocycles. The molecule has 0 N–H and O–H groups in total. The monoisotopic (exact) mass is 289 g/mol. The van der Waals surface area contributed by atoms with Gasteiger partial charge in [-0.1, -0.05) is 0 Å². The molecule has 0 fully saturated rings. The van der Waals surface area contributed by atoms with E-state index in [2.05, 4.69) is 10.2 Å². The standard InChI is InChI=1S/C14H15N3O4/c1-9(13(18)17(2)3)21-14(19)11-6-4-10(5-7-11)12-16-15-8-20-12/h4-9H,1-3H3/t9-/m0/s1. The predicted octanol–water partition coefficient (Wildman–Crippen LogP) is 1.37. The van der Waals surface area contributed by atoms with Gasteiger partial charge in [-0.15, -0.1) is 10.2 Å². The first-order valence-corrected chi connectivity index (χ1v) is 6.28. The minimum atomic E-state index is -0.830. The lowest BCUT2D eigenvalue weighted by molar-refractivity contribution is -0.137. The molecule has 0 saturated carbocycles. The fraction of sp³-hybridized carbons (Fsp3) is 0.286. The van der Waals surface area contributed by atoms with Crippen molar-refractivity contribution in [3.8, 4) is 11.5 Å². The molecule has 0 aliphatic rings. The van der Waals surface area contributed by atoms with Gasteiger partial charge in [-0.25, -0.2) is 4.79 Å². The van der Waals surface area contributed by atoms with Crippen molar-refractivity contribution >= 4 is 11.9 Å². The first-order chi connectivity index (χ1) is 9.99. The second kappa shape index (κ2) is 6.17. The van der Waals surface area contributed by atoms with Crippen molar-refractivity contribution in [3.05, 3.63) is 36.2 Å². The Balaban J connectivity index is 2.05. The molecular formula is C14H15N3O4. The number of esters is 1. The number of carbonyl (C=O) groups excluding carboxylic acids is 2. The summed E-state index contributed by atoms with van der Waals surface area (Å²) in [6.07, 6.45) is 0.398. The summed E-state index contributed by atoms with van der Waals surface area (Å²) in [7, 11) is 3.21. The molecule has 0 unspecified atom stereocenters. The molecular weight excluding hydrogens is 274 g/mol. The third-order valence-electron chi connectivity index (χ3n) is 2.80. The molecule has 1 atom stereocenters. The van der Waals surface area contributed by atoms with Crippen molar-refractivity contribution < 1.29 is 18.7 Å². The van der Waals surface area contributed by atoms with Gasteiger partial charge in [0.1, 0.15) is 0 Å². The average Bonchev–Trinajstić information content (AvgIpc) is 3.00. The molecule has 1 amide bonds. The second-order valence-electron chi connectivity index (χ2n) is 4.60. The summed E-state index contributed by atoms with van der Waals surface area (Å²) in [6, 6.07) is 6.49. The molecule has 0 saturated heterocycles. The summed E-state index contributed by atoms with van der Waals surface area (Å²) in [4.78, 5) is 24.9. The van der Waals surface area contributed by atoms with E-state index in [0.29, 0.717) is 17.0 Å². The van der Waals surface area contributed by atoms with Crippen LogP contribution in [0, 0.1) is 0 Å².